The van der Waals surface area contributed by atoms with E-state index in [0.717, 1.165) is 0 Å². The van der Waals surface area contributed by atoms with Crippen LogP contribution in [0.5, 0.6) is 0 Å². The Kier molecular flexibility index (Phi) is 3.67. The number of carbonyl (C=O) groups excluding carboxylic acids is 2. The molecule has 0 fully saturated rings. The Hall–Kier alpha value is -0.860. The number of hydrogen-bond acceptors (Lipinski definition) is 3. The molecule has 0 aromatic heterocycles. The SMILES string of the molecule is [CH2]C(=O)OC(=O)CCC. The third kappa shape index (κ3) is 5.00. The average Bonchev–Trinajstić information content (AvgIpc) is 1.63. The van der Waals surface area contributed by atoms with Crippen LogP contribution in [-0.4, -0.2) is 11.9 Å². The highest BCUT2D eigenvalue weighted by Crippen LogP contribution is 1.90. The van der Waals surface area contributed by atoms with Crippen LogP contribution in [0.4, 0.5) is 0 Å². The van der Waals surface area contributed by atoms with E-state index in [1.54, 1.807) is 0 Å². The fourth-order valence-electron chi connectivity index (χ4n) is 0.382. The van der Waals surface area contributed by atoms with E-state index in [1.165, 1.54) is 0 Å². The maximum Gasteiger partial charge on any atom is 0.314 e. The van der Waals surface area contributed by atoms with E-state index in [0.29, 0.717) is 6.42 Å². The van der Waals surface area contributed by atoms with Crippen molar-refractivity contribution in [3.8, 4) is 0 Å². The molecular formula is C6H9O3. The van der Waals surface area contributed by atoms with E-state index < -0.39 is 11.9 Å². The third-order valence-electron chi connectivity index (χ3n) is 0.682. The number of rotatable bonds is 2. The Bertz CT molecular complexity index is 117. The van der Waals surface area contributed by atoms with Crippen LogP contribution in [0.25, 0.3) is 0 Å². The predicted molar refractivity (Wildman–Crippen MR) is 31.4 cm³/mol. The summed E-state index contributed by atoms with van der Waals surface area (Å²) in [6, 6.07) is 0. The molecule has 0 aliphatic heterocycles. The molecule has 0 atom stereocenters. The lowest BCUT2D eigenvalue weighted by atomic mass is 10.3. The monoisotopic (exact) mass is 129 g/mol. The molecule has 0 unspecified atom stereocenters. The summed E-state index contributed by atoms with van der Waals surface area (Å²) in [7, 11) is 0. The van der Waals surface area contributed by atoms with Crippen LogP contribution in [0.2, 0.25) is 0 Å². The Balaban J connectivity index is 3.39. The quantitative estimate of drug-likeness (QED) is 0.407. The Morgan fingerprint density at radius 1 is 1.56 bits per heavy atom. The van der Waals surface area contributed by atoms with Gasteiger partial charge in [-0.2, -0.15) is 0 Å². The molecule has 0 amide bonds. The first-order valence-electron chi connectivity index (χ1n) is 2.73. The lowest BCUT2D eigenvalue weighted by Gasteiger charge is -1.94. The number of hydrogen-bond donors (Lipinski definition) is 0. The summed E-state index contributed by atoms with van der Waals surface area (Å²) < 4.78 is 4.10. The summed E-state index contributed by atoms with van der Waals surface area (Å²) in [4.78, 5) is 20.3. The first-order chi connectivity index (χ1) is 4.16. The maximum atomic E-state index is 10.4. The van der Waals surface area contributed by atoms with Crippen LogP contribution in [0.3, 0.4) is 0 Å². The highest BCUT2D eigenvalue weighted by atomic mass is 16.6. The summed E-state index contributed by atoms with van der Waals surface area (Å²) in [5, 5.41) is 0. The largest absolute Gasteiger partial charge is 0.393 e. The van der Waals surface area contributed by atoms with Gasteiger partial charge in [-0.05, 0) is 6.42 Å². The van der Waals surface area contributed by atoms with E-state index >= 15 is 0 Å². The molecule has 3 nitrogen and oxygen atoms in total. The highest BCUT2D eigenvalue weighted by molar-refractivity contribution is 5.87. The fraction of sp³-hybridized carbons (Fsp3) is 0.500. The molecule has 0 N–H and O–H groups in total. The van der Waals surface area contributed by atoms with Gasteiger partial charge in [-0.1, -0.05) is 6.92 Å². The molecule has 0 bridgehead atoms. The molecule has 0 aromatic rings. The van der Waals surface area contributed by atoms with Gasteiger partial charge in [0.15, 0.2) is 0 Å². The van der Waals surface area contributed by atoms with E-state index in [-0.39, 0.29) is 6.42 Å². The van der Waals surface area contributed by atoms with Crippen LogP contribution in [0, 0.1) is 6.92 Å². The van der Waals surface area contributed by atoms with Crippen LogP contribution in [-0.2, 0) is 14.3 Å². The zero-order valence-corrected chi connectivity index (χ0v) is 5.35. The molecule has 0 rings (SSSR count). The van der Waals surface area contributed by atoms with Crippen LogP contribution < -0.4 is 0 Å². The lowest BCUT2D eigenvalue weighted by molar-refractivity contribution is -0.156. The van der Waals surface area contributed by atoms with Crippen molar-refractivity contribution in [2.75, 3.05) is 0 Å². The van der Waals surface area contributed by atoms with Crippen molar-refractivity contribution in [2.45, 2.75) is 19.8 Å². The van der Waals surface area contributed by atoms with Crippen LogP contribution in [0.1, 0.15) is 19.8 Å². The fourth-order valence-corrected chi connectivity index (χ4v) is 0.382. The van der Waals surface area contributed by atoms with Crippen molar-refractivity contribution in [1.29, 1.82) is 0 Å². The second-order valence-electron chi connectivity index (χ2n) is 1.60. The van der Waals surface area contributed by atoms with Gasteiger partial charge in [0.2, 0.25) is 0 Å². The molecule has 51 valence electrons. The van der Waals surface area contributed by atoms with Crippen molar-refractivity contribution < 1.29 is 14.3 Å². The lowest BCUT2D eigenvalue weighted by Crippen LogP contribution is -2.07. The molecular weight excluding hydrogens is 120 g/mol. The third-order valence-corrected chi connectivity index (χ3v) is 0.682. The second-order valence-corrected chi connectivity index (χ2v) is 1.60. The van der Waals surface area contributed by atoms with Crippen molar-refractivity contribution in [2.24, 2.45) is 0 Å². The van der Waals surface area contributed by atoms with Gasteiger partial charge in [-0.3, -0.25) is 9.59 Å². The minimum Gasteiger partial charge on any atom is -0.393 e. The Morgan fingerprint density at radius 3 is 2.44 bits per heavy atom. The zero-order chi connectivity index (χ0) is 7.28. The van der Waals surface area contributed by atoms with Crippen molar-refractivity contribution in [3.05, 3.63) is 6.92 Å². The highest BCUT2D eigenvalue weighted by Gasteiger charge is 2.02. The summed E-state index contributed by atoms with van der Waals surface area (Å²) in [6.45, 7) is 4.71. The van der Waals surface area contributed by atoms with Gasteiger partial charge in [0, 0.05) is 6.42 Å². The first kappa shape index (κ1) is 8.14. The summed E-state index contributed by atoms with van der Waals surface area (Å²) in [5.74, 6) is -1.29. The van der Waals surface area contributed by atoms with Crippen molar-refractivity contribution in [3.63, 3.8) is 0 Å². The molecule has 0 aliphatic carbocycles. The molecule has 0 heterocycles. The van der Waals surface area contributed by atoms with Crippen LogP contribution in [0.15, 0.2) is 0 Å². The van der Waals surface area contributed by atoms with Crippen LogP contribution >= 0.6 is 0 Å². The van der Waals surface area contributed by atoms with Gasteiger partial charge in [0.1, 0.15) is 0 Å². The smallest absolute Gasteiger partial charge is 0.314 e. The average molecular weight is 129 g/mol. The summed E-state index contributed by atoms with van der Waals surface area (Å²) in [5.41, 5.74) is 0. The first-order valence-corrected chi connectivity index (χ1v) is 2.73. The van der Waals surface area contributed by atoms with E-state index in [4.69, 9.17) is 0 Å². The van der Waals surface area contributed by atoms with Gasteiger partial charge in [-0.15, -0.1) is 0 Å². The second kappa shape index (κ2) is 4.06. The van der Waals surface area contributed by atoms with Gasteiger partial charge in [-0.25, -0.2) is 0 Å². The van der Waals surface area contributed by atoms with E-state index in [9.17, 15) is 9.59 Å². The molecule has 0 saturated heterocycles. The zero-order valence-electron chi connectivity index (χ0n) is 5.35. The molecule has 0 spiro atoms. The predicted octanol–water partition coefficient (Wildman–Crippen LogP) is 0.690. The number of carbonyl (C=O) groups is 2. The minimum atomic E-state index is -0.784. The molecule has 3 heteroatoms. The molecule has 9 heavy (non-hydrogen) atoms. The van der Waals surface area contributed by atoms with Gasteiger partial charge in [0.25, 0.3) is 0 Å². The normalized spacial score (nSPS) is 8.67. The maximum absolute atomic E-state index is 10.4. The van der Waals surface area contributed by atoms with Crippen molar-refractivity contribution >= 4 is 11.9 Å². The molecule has 0 aliphatic rings. The van der Waals surface area contributed by atoms with E-state index in [1.807, 2.05) is 6.92 Å². The number of esters is 2. The molecule has 0 aromatic carbocycles. The summed E-state index contributed by atoms with van der Waals surface area (Å²) in [6.07, 6.45) is 0.966. The standard InChI is InChI=1S/C6H9O3/c1-3-4-6(8)9-5(2)7/h2-4H2,1H3. The van der Waals surface area contributed by atoms with Crippen molar-refractivity contribution in [1.82, 2.24) is 0 Å². The Labute approximate surface area is 54.0 Å². The minimum absolute atomic E-state index is 0.279. The summed E-state index contributed by atoms with van der Waals surface area (Å²) >= 11 is 0. The van der Waals surface area contributed by atoms with Gasteiger partial charge in [0.05, 0.1) is 6.92 Å². The Morgan fingerprint density at radius 2 is 2.11 bits per heavy atom. The number of ether oxygens (including phenoxy) is 1. The van der Waals surface area contributed by atoms with Gasteiger partial charge < -0.3 is 4.74 Å². The topological polar surface area (TPSA) is 43.4 Å². The van der Waals surface area contributed by atoms with E-state index in [2.05, 4.69) is 11.7 Å². The molecule has 0 saturated carbocycles. The molecule has 1 radical (unpaired) electrons. The van der Waals surface area contributed by atoms with Gasteiger partial charge >= 0.3 is 11.9 Å².